The van der Waals surface area contributed by atoms with Crippen molar-refractivity contribution in [3.8, 4) is 0 Å². The Morgan fingerprint density at radius 1 is 0.962 bits per heavy atom. The predicted molar refractivity (Wildman–Crippen MR) is 98.4 cm³/mol. The van der Waals surface area contributed by atoms with Gasteiger partial charge in [0.15, 0.2) is 0 Å². The first-order valence-corrected chi connectivity index (χ1v) is 7.83. The molecule has 0 aliphatic heterocycles. The molecule has 0 bridgehead atoms. The molecular weight excluding hydrogens is 334 g/mol. The molecule has 134 valence electrons. The number of anilines is 1. The second-order valence-corrected chi connectivity index (χ2v) is 5.85. The van der Waals surface area contributed by atoms with E-state index >= 15 is 0 Å². The van der Waals surface area contributed by atoms with E-state index in [0.29, 0.717) is 5.69 Å². The molecule has 7 nitrogen and oxygen atoms in total. The molecule has 0 fully saturated rings. The summed E-state index contributed by atoms with van der Waals surface area (Å²) in [6.45, 7) is 5.88. The Morgan fingerprint density at radius 3 is 2.08 bits per heavy atom. The molecule has 0 radical (unpaired) electrons. The average molecular weight is 353 g/mol. The number of aryl methyl sites for hydroxylation is 3. The molecular formula is C19H19N3O4. The molecule has 3 N–H and O–H groups in total. The van der Waals surface area contributed by atoms with Crippen LogP contribution in [0.25, 0.3) is 0 Å². The van der Waals surface area contributed by atoms with Crippen molar-refractivity contribution in [2.24, 2.45) is 5.10 Å². The van der Waals surface area contributed by atoms with Gasteiger partial charge in [-0.05, 0) is 56.2 Å². The monoisotopic (exact) mass is 353 g/mol. The zero-order chi connectivity index (χ0) is 19.3. The topological polar surface area (TPSA) is 108 Å². The van der Waals surface area contributed by atoms with E-state index in [1.165, 1.54) is 30.5 Å². The van der Waals surface area contributed by atoms with Crippen LogP contribution >= 0.6 is 0 Å². The van der Waals surface area contributed by atoms with Crippen LogP contribution in [0.1, 0.15) is 32.6 Å². The highest BCUT2D eigenvalue weighted by Gasteiger charge is 2.13. The quantitative estimate of drug-likeness (QED) is 0.445. The molecule has 2 rings (SSSR count). The highest BCUT2D eigenvalue weighted by atomic mass is 16.4. The number of nitrogens with one attached hydrogen (secondary N) is 2. The van der Waals surface area contributed by atoms with Gasteiger partial charge in [-0.2, -0.15) is 5.10 Å². The molecule has 0 aliphatic carbocycles. The van der Waals surface area contributed by atoms with E-state index in [1.807, 2.05) is 32.9 Å². The number of carbonyl (C=O) groups is 3. The van der Waals surface area contributed by atoms with E-state index in [2.05, 4.69) is 15.8 Å². The minimum absolute atomic E-state index is 0.0842. The fourth-order valence-electron chi connectivity index (χ4n) is 2.49. The summed E-state index contributed by atoms with van der Waals surface area (Å²) in [4.78, 5) is 34.4. The Morgan fingerprint density at radius 2 is 1.54 bits per heavy atom. The van der Waals surface area contributed by atoms with Gasteiger partial charge in [-0.15, -0.1) is 0 Å². The van der Waals surface area contributed by atoms with E-state index in [0.717, 1.165) is 22.3 Å². The highest BCUT2D eigenvalue weighted by molar-refractivity contribution is 6.39. The van der Waals surface area contributed by atoms with E-state index in [9.17, 15) is 14.4 Å². The van der Waals surface area contributed by atoms with Gasteiger partial charge < -0.3 is 10.4 Å². The molecule has 0 aliphatic rings. The number of aromatic carboxylic acids is 1. The first-order chi connectivity index (χ1) is 12.3. The Hall–Kier alpha value is -3.48. The summed E-state index contributed by atoms with van der Waals surface area (Å²) >= 11 is 0. The van der Waals surface area contributed by atoms with Crippen LogP contribution in [0.2, 0.25) is 0 Å². The third-order valence-corrected chi connectivity index (χ3v) is 3.69. The lowest BCUT2D eigenvalue weighted by Crippen LogP contribution is -2.32. The molecule has 2 amide bonds. The van der Waals surface area contributed by atoms with Crippen LogP contribution in [0.3, 0.4) is 0 Å². The van der Waals surface area contributed by atoms with Gasteiger partial charge in [0.1, 0.15) is 0 Å². The Bertz CT molecular complexity index is 863. The van der Waals surface area contributed by atoms with Crippen LogP contribution in [-0.2, 0) is 9.59 Å². The van der Waals surface area contributed by atoms with E-state index in [-0.39, 0.29) is 5.56 Å². The van der Waals surface area contributed by atoms with Crippen LogP contribution in [0.15, 0.2) is 41.5 Å². The summed E-state index contributed by atoms with van der Waals surface area (Å²) in [5, 5.41) is 15.0. The van der Waals surface area contributed by atoms with E-state index < -0.39 is 17.8 Å². The molecule has 0 spiro atoms. The second-order valence-electron chi connectivity index (χ2n) is 5.85. The Labute approximate surface area is 150 Å². The summed E-state index contributed by atoms with van der Waals surface area (Å²) in [5.74, 6) is -2.90. The summed E-state index contributed by atoms with van der Waals surface area (Å²) < 4.78 is 0. The van der Waals surface area contributed by atoms with Crippen molar-refractivity contribution < 1.29 is 19.5 Å². The molecule has 0 heterocycles. The van der Waals surface area contributed by atoms with Gasteiger partial charge in [0.2, 0.25) is 0 Å². The number of hydrogen-bond donors (Lipinski definition) is 3. The number of hydrogen-bond acceptors (Lipinski definition) is 4. The zero-order valence-corrected chi connectivity index (χ0v) is 14.7. The summed E-state index contributed by atoms with van der Waals surface area (Å²) in [6.07, 6.45) is 1.50. The Kier molecular flexibility index (Phi) is 5.85. The number of carboxylic acids is 1. The fourth-order valence-corrected chi connectivity index (χ4v) is 2.49. The average Bonchev–Trinajstić information content (AvgIpc) is 2.57. The van der Waals surface area contributed by atoms with Gasteiger partial charge in [0.05, 0.1) is 11.8 Å². The summed E-state index contributed by atoms with van der Waals surface area (Å²) in [5.41, 5.74) is 6.61. The highest BCUT2D eigenvalue weighted by Crippen LogP contribution is 2.14. The molecule has 0 atom stereocenters. The predicted octanol–water partition coefficient (Wildman–Crippen LogP) is 2.40. The number of hydrazone groups is 1. The maximum absolute atomic E-state index is 11.8. The van der Waals surface area contributed by atoms with E-state index in [4.69, 9.17) is 5.11 Å². The van der Waals surface area contributed by atoms with Gasteiger partial charge >= 0.3 is 17.8 Å². The molecule has 0 unspecified atom stereocenters. The van der Waals surface area contributed by atoms with Crippen LogP contribution in [0, 0.1) is 20.8 Å². The van der Waals surface area contributed by atoms with Crippen molar-refractivity contribution in [1.82, 2.24) is 5.43 Å². The summed E-state index contributed by atoms with van der Waals surface area (Å²) in [6, 6.07) is 9.47. The molecule has 7 heteroatoms. The largest absolute Gasteiger partial charge is 0.478 e. The lowest BCUT2D eigenvalue weighted by Gasteiger charge is -2.07. The first kappa shape index (κ1) is 18.9. The van der Waals surface area contributed by atoms with Crippen LogP contribution in [0.4, 0.5) is 5.69 Å². The van der Waals surface area contributed by atoms with Crippen molar-refractivity contribution >= 4 is 29.7 Å². The van der Waals surface area contributed by atoms with Gasteiger partial charge in [0, 0.05) is 11.3 Å². The van der Waals surface area contributed by atoms with Crippen molar-refractivity contribution in [3.63, 3.8) is 0 Å². The van der Waals surface area contributed by atoms with Crippen molar-refractivity contribution in [2.75, 3.05) is 5.32 Å². The Balaban J connectivity index is 1.97. The van der Waals surface area contributed by atoms with Gasteiger partial charge in [-0.25, -0.2) is 10.2 Å². The molecule has 0 saturated carbocycles. The molecule has 26 heavy (non-hydrogen) atoms. The maximum Gasteiger partial charge on any atom is 0.335 e. The lowest BCUT2D eigenvalue weighted by molar-refractivity contribution is -0.136. The van der Waals surface area contributed by atoms with Gasteiger partial charge in [0.25, 0.3) is 0 Å². The minimum atomic E-state index is -1.07. The standard InChI is InChI=1S/C19H19N3O4/c1-11-8-12(2)16(13(3)9-11)10-20-22-18(24)17(23)21-15-6-4-14(5-7-15)19(25)26/h4-10H,1-3H3,(H,21,23)(H,22,24)(H,25,26). The van der Waals surface area contributed by atoms with Crippen molar-refractivity contribution in [2.45, 2.75) is 20.8 Å². The number of amides is 2. The lowest BCUT2D eigenvalue weighted by atomic mass is 10.0. The smallest absolute Gasteiger partial charge is 0.335 e. The third-order valence-electron chi connectivity index (χ3n) is 3.69. The molecule has 2 aromatic carbocycles. The fraction of sp³-hybridized carbons (Fsp3) is 0.158. The molecule has 2 aromatic rings. The van der Waals surface area contributed by atoms with Gasteiger partial charge in [-0.1, -0.05) is 17.7 Å². The normalized spacial score (nSPS) is 10.6. The number of carboxylic acid groups (broad SMARTS) is 1. The SMILES string of the molecule is Cc1cc(C)c(C=NNC(=O)C(=O)Nc2ccc(C(=O)O)cc2)c(C)c1. The summed E-state index contributed by atoms with van der Waals surface area (Å²) in [7, 11) is 0. The minimum Gasteiger partial charge on any atom is -0.478 e. The van der Waals surface area contributed by atoms with Crippen molar-refractivity contribution in [1.29, 1.82) is 0 Å². The first-order valence-electron chi connectivity index (χ1n) is 7.83. The van der Waals surface area contributed by atoms with Crippen molar-refractivity contribution in [3.05, 3.63) is 64.2 Å². The van der Waals surface area contributed by atoms with Crippen LogP contribution < -0.4 is 10.7 Å². The number of rotatable bonds is 4. The number of nitrogens with zero attached hydrogens (tertiary/aromatic N) is 1. The number of benzene rings is 2. The van der Waals surface area contributed by atoms with Crippen LogP contribution in [-0.4, -0.2) is 29.1 Å². The molecule has 0 aromatic heterocycles. The zero-order valence-electron chi connectivity index (χ0n) is 14.7. The maximum atomic E-state index is 11.8. The molecule has 0 saturated heterocycles. The van der Waals surface area contributed by atoms with Gasteiger partial charge in [-0.3, -0.25) is 9.59 Å². The third kappa shape index (κ3) is 4.76. The van der Waals surface area contributed by atoms with Crippen LogP contribution in [0.5, 0.6) is 0 Å². The number of carbonyl (C=O) groups excluding carboxylic acids is 2. The second kappa shape index (κ2) is 8.06. The van der Waals surface area contributed by atoms with E-state index in [1.54, 1.807) is 0 Å².